The second-order valence-electron chi connectivity index (χ2n) is 3.88. The van der Waals surface area contributed by atoms with Gasteiger partial charge in [0.15, 0.2) is 0 Å². The SMILES string of the molecule is CC1=C[N+](=O)[C@@H]2CCCC[C@H]2N1[O-]. The molecule has 0 amide bonds. The Balaban J connectivity index is 2.26. The van der Waals surface area contributed by atoms with Crippen LogP contribution in [0.4, 0.5) is 0 Å². The van der Waals surface area contributed by atoms with E-state index in [9.17, 15) is 10.1 Å². The third-order valence-electron chi connectivity index (χ3n) is 2.98. The predicted octanol–water partition coefficient (Wildman–Crippen LogP) is 1.75. The molecule has 0 N–H and O–H groups in total. The second-order valence-corrected chi connectivity index (χ2v) is 3.88. The molecular formula is C9H14N2O2. The van der Waals surface area contributed by atoms with Crippen molar-refractivity contribution in [2.24, 2.45) is 0 Å². The second kappa shape index (κ2) is 3.10. The quantitative estimate of drug-likeness (QED) is 0.536. The van der Waals surface area contributed by atoms with Crippen molar-refractivity contribution < 1.29 is 4.76 Å². The van der Waals surface area contributed by atoms with Crippen LogP contribution in [0.3, 0.4) is 0 Å². The number of hydrogen-bond donors (Lipinski definition) is 0. The van der Waals surface area contributed by atoms with Crippen LogP contribution in [0.1, 0.15) is 32.6 Å². The highest BCUT2D eigenvalue weighted by atomic mass is 16.5. The minimum atomic E-state index is -0.102. The molecule has 0 bridgehead atoms. The van der Waals surface area contributed by atoms with Crippen molar-refractivity contribution >= 4 is 0 Å². The van der Waals surface area contributed by atoms with Gasteiger partial charge in [-0.2, -0.15) is 0 Å². The molecule has 0 aromatic rings. The number of nitroso groups, excluding NO2 is 1. The fraction of sp³-hybridized carbons (Fsp3) is 0.778. The van der Waals surface area contributed by atoms with E-state index < -0.39 is 0 Å². The summed E-state index contributed by atoms with van der Waals surface area (Å²) in [7, 11) is 0. The van der Waals surface area contributed by atoms with Gasteiger partial charge in [-0.05, 0) is 19.8 Å². The highest BCUT2D eigenvalue weighted by molar-refractivity contribution is 5.03. The summed E-state index contributed by atoms with van der Waals surface area (Å²) < 4.78 is 0.966. The van der Waals surface area contributed by atoms with Gasteiger partial charge in [0.2, 0.25) is 12.2 Å². The van der Waals surface area contributed by atoms with Crippen LogP contribution in [0.25, 0.3) is 0 Å². The molecule has 4 heteroatoms. The Hall–Kier alpha value is -0.900. The van der Waals surface area contributed by atoms with Gasteiger partial charge in [0, 0.05) is 16.1 Å². The molecule has 1 aliphatic heterocycles. The predicted molar refractivity (Wildman–Crippen MR) is 48.6 cm³/mol. The zero-order valence-electron chi connectivity index (χ0n) is 7.77. The molecule has 0 radical (unpaired) electrons. The summed E-state index contributed by atoms with van der Waals surface area (Å²) in [5.74, 6) is 0. The Morgan fingerprint density at radius 1 is 1.54 bits per heavy atom. The maximum atomic E-state index is 11.6. The summed E-state index contributed by atoms with van der Waals surface area (Å²) in [6.07, 6.45) is 5.27. The van der Waals surface area contributed by atoms with Gasteiger partial charge < -0.3 is 10.3 Å². The lowest BCUT2D eigenvalue weighted by atomic mass is 9.89. The van der Waals surface area contributed by atoms with Crippen LogP contribution in [0.15, 0.2) is 11.9 Å². The Labute approximate surface area is 77.4 Å². The van der Waals surface area contributed by atoms with Gasteiger partial charge in [0.05, 0.1) is 11.7 Å². The molecule has 0 spiro atoms. The van der Waals surface area contributed by atoms with Crippen LogP contribution in [-0.2, 0) is 0 Å². The normalized spacial score (nSPS) is 34.2. The third kappa shape index (κ3) is 1.35. The van der Waals surface area contributed by atoms with Gasteiger partial charge in [0.25, 0.3) is 0 Å². The Morgan fingerprint density at radius 3 is 3.00 bits per heavy atom. The smallest absolute Gasteiger partial charge is 0.239 e. The molecule has 0 saturated heterocycles. The molecule has 2 rings (SSSR count). The van der Waals surface area contributed by atoms with Crippen LogP contribution in [-0.4, -0.2) is 21.9 Å². The van der Waals surface area contributed by atoms with E-state index in [1.165, 1.54) is 6.20 Å². The minimum absolute atomic E-state index is 0.101. The monoisotopic (exact) mass is 182 g/mol. The molecule has 0 aromatic heterocycles. The van der Waals surface area contributed by atoms with Crippen molar-refractivity contribution in [2.45, 2.75) is 44.7 Å². The third-order valence-corrected chi connectivity index (χ3v) is 2.98. The van der Waals surface area contributed by atoms with Gasteiger partial charge in [-0.3, -0.25) is 0 Å². The van der Waals surface area contributed by atoms with Crippen molar-refractivity contribution in [2.75, 3.05) is 0 Å². The maximum absolute atomic E-state index is 11.6. The summed E-state index contributed by atoms with van der Waals surface area (Å²) in [4.78, 5) is 11.5. The molecule has 13 heavy (non-hydrogen) atoms. The van der Waals surface area contributed by atoms with E-state index in [4.69, 9.17) is 0 Å². The largest absolute Gasteiger partial charge is 0.758 e. The first-order valence-corrected chi connectivity index (χ1v) is 4.80. The molecule has 1 aliphatic carbocycles. The van der Waals surface area contributed by atoms with Crippen molar-refractivity contribution in [1.29, 1.82) is 0 Å². The number of nitrogens with zero attached hydrogens (tertiary/aromatic N) is 2. The van der Waals surface area contributed by atoms with E-state index in [1.54, 1.807) is 6.92 Å². The fourth-order valence-corrected chi connectivity index (χ4v) is 2.26. The molecule has 2 atom stereocenters. The number of fused-ring (bicyclic) bond motifs is 1. The minimum Gasteiger partial charge on any atom is -0.758 e. The molecule has 1 fully saturated rings. The van der Waals surface area contributed by atoms with Crippen molar-refractivity contribution in [3.8, 4) is 0 Å². The average Bonchev–Trinajstić information content (AvgIpc) is 2.15. The van der Waals surface area contributed by atoms with E-state index >= 15 is 0 Å². The van der Waals surface area contributed by atoms with E-state index in [2.05, 4.69) is 0 Å². The lowest BCUT2D eigenvalue weighted by Gasteiger charge is -2.43. The Morgan fingerprint density at radius 2 is 2.23 bits per heavy atom. The van der Waals surface area contributed by atoms with Gasteiger partial charge in [-0.1, -0.05) is 6.42 Å². The summed E-state index contributed by atoms with van der Waals surface area (Å²) in [5.41, 5.74) is 0.540. The molecule has 4 nitrogen and oxygen atoms in total. The summed E-state index contributed by atoms with van der Waals surface area (Å²) in [5, 5.41) is 12.6. The van der Waals surface area contributed by atoms with Crippen LogP contribution < -0.4 is 0 Å². The molecule has 0 aromatic carbocycles. The molecule has 0 unspecified atom stereocenters. The number of rotatable bonds is 0. The van der Waals surface area contributed by atoms with Gasteiger partial charge in [-0.15, -0.1) is 0 Å². The molecular weight excluding hydrogens is 168 g/mol. The number of allylic oxidation sites excluding steroid dienone is 1. The maximum Gasteiger partial charge on any atom is 0.239 e. The van der Waals surface area contributed by atoms with Crippen molar-refractivity contribution in [3.63, 3.8) is 0 Å². The van der Waals surface area contributed by atoms with E-state index in [0.29, 0.717) is 5.70 Å². The Kier molecular flexibility index (Phi) is 2.07. The lowest BCUT2D eigenvalue weighted by molar-refractivity contribution is -0.540. The molecule has 72 valence electrons. The van der Waals surface area contributed by atoms with E-state index in [1.807, 2.05) is 0 Å². The molecule has 1 saturated carbocycles. The lowest BCUT2D eigenvalue weighted by Crippen LogP contribution is -2.49. The standard InChI is InChI=1S/C9H14N2O2/c1-7-6-10(12)8-4-2-3-5-9(8)11(7)13/h6,8-9H,2-5H2,1H3/t8-,9-/m1/s1. The van der Waals surface area contributed by atoms with Gasteiger partial charge in [0.1, 0.15) is 0 Å². The van der Waals surface area contributed by atoms with Gasteiger partial charge in [-0.25, -0.2) is 0 Å². The highest BCUT2D eigenvalue weighted by Crippen LogP contribution is 2.30. The molecule has 1 heterocycles. The van der Waals surface area contributed by atoms with Crippen molar-refractivity contribution in [3.05, 3.63) is 22.0 Å². The van der Waals surface area contributed by atoms with Crippen LogP contribution >= 0.6 is 0 Å². The van der Waals surface area contributed by atoms with Crippen molar-refractivity contribution in [1.82, 2.24) is 5.06 Å². The first kappa shape index (κ1) is 8.69. The highest BCUT2D eigenvalue weighted by Gasteiger charge is 2.40. The van der Waals surface area contributed by atoms with Gasteiger partial charge >= 0.3 is 0 Å². The number of hydrogen-bond acceptors (Lipinski definition) is 3. The van der Waals surface area contributed by atoms with Crippen LogP contribution in [0.2, 0.25) is 0 Å². The Bertz CT molecular complexity index is 262. The zero-order valence-corrected chi connectivity index (χ0v) is 7.77. The summed E-state index contributed by atoms with van der Waals surface area (Å²) in [6.45, 7) is 1.70. The van der Waals surface area contributed by atoms with Crippen LogP contribution in [0.5, 0.6) is 0 Å². The zero-order chi connectivity index (χ0) is 9.42. The number of hydroxylamine groups is 2. The topological polar surface area (TPSA) is 46.4 Å². The first-order chi connectivity index (χ1) is 6.20. The summed E-state index contributed by atoms with van der Waals surface area (Å²) in [6, 6.07) is -0.203. The average molecular weight is 182 g/mol. The fourth-order valence-electron chi connectivity index (χ4n) is 2.26. The summed E-state index contributed by atoms with van der Waals surface area (Å²) >= 11 is 0. The molecule has 2 aliphatic rings. The van der Waals surface area contributed by atoms with Crippen LogP contribution in [0, 0.1) is 10.1 Å². The van der Waals surface area contributed by atoms with E-state index in [0.717, 1.165) is 35.5 Å². The first-order valence-electron chi connectivity index (χ1n) is 4.80. The van der Waals surface area contributed by atoms with E-state index in [-0.39, 0.29) is 12.1 Å².